The fourth-order valence-corrected chi connectivity index (χ4v) is 2.78. The Bertz CT molecular complexity index is 782. The summed E-state index contributed by atoms with van der Waals surface area (Å²) in [7, 11) is 0. The largest absolute Gasteiger partial charge is 0.350 e. The van der Waals surface area contributed by atoms with Gasteiger partial charge in [-0.1, -0.05) is 35.9 Å². The Morgan fingerprint density at radius 2 is 1.84 bits per heavy atom. The normalized spacial score (nSPS) is 14.1. The van der Waals surface area contributed by atoms with Crippen molar-refractivity contribution in [3.05, 3.63) is 64.9 Å². The molecular formula is C18H17ClFN3O2. The molecule has 1 aliphatic heterocycles. The molecule has 0 atom stereocenters. The molecule has 2 aromatic carbocycles. The van der Waals surface area contributed by atoms with E-state index in [0.717, 1.165) is 5.56 Å². The van der Waals surface area contributed by atoms with Crippen molar-refractivity contribution in [2.45, 2.75) is 6.54 Å². The summed E-state index contributed by atoms with van der Waals surface area (Å²) in [4.78, 5) is 27.2. The van der Waals surface area contributed by atoms with E-state index >= 15 is 0 Å². The van der Waals surface area contributed by atoms with Gasteiger partial charge in [0.15, 0.2) is 0 Å². The predicted octanol–water partition coefficient (Wildman–Crippen LogP) is 3.04. The Kier molecular flexibility index (Phi) is 5.19. The number of benzene rings is 2. The minimum atomic E-state index is -0.454. The lowest BCUT2D eigenvalue weighted by Gasteiger charge is -2.18. The van der Waals surface area contributed by atoms with Crippen LogP contribution in [-0.2, 0) is 11.3 Å². The van der Waals surface area contributed by atoms with Gasteiger partial charge in [0, 0.05) is 24.7 Å². The van der Waals surface area contributed by atoms with Crippen LogP contribution in [0.25, 0.3) is 0 Å². The summed E-state index contributed by atoms with van der Waals surface area (Å²) in [5.41, 5.74) is 1.15. The zero-order valence-electron chi connectivity index (χ0n) is 13.4. The Hall–Kier alpha value is -2.60. The van der Waals surface area contributed by atoms with E-state index in [0.29, 0.717) is 24.7 Å². The van der Waals surface area contributed by atoms with Crippen molar-refractivity contribution in [2.75, 3.05) is 24.5 Å². The number of urea groups is 1. The number of hydrogen-bond donors (Lipinski definition) is 1. The second-order valence-corrected chi connectivity index (χ2v) is 6.15. The molecule has 3 amide bonds. The summed E-state index contributed by atoms with van der Waals surface area (Å²) in [5, 5.41) is 3.39. The van der Waals surface area contributed by atoms with Crippen LogP contribution in [0.3, 0.4) is 0 Å². The molecule has 0 aromatic heterocycles. The first-order chi connectivity index (χ1) is 12.0. The van der Waals surface area contributed by atoms with Gasteiger partial charge in [0.25, 0.3) is 0 Å². The van der Waals surface area contributed by atoms with Crippen molar-refractivity contribution in [1.82, 2.24) is 10.2 Å². The molecule has 0 radical (unpaired) electrons. The van der Waals surface area contributed by atoms with Crippen molar-refractivity contribution in [3.63, 3.8) is 0 Å². The van der Waals surface area contributed by atoms with E-state index in [-0.39, 0.29) is 24.2 Å². The molecule has 0 aliphatic carbocycles. The SMILES string of the molecule is O=C(CN1CCN(c2ccccc2F)C1=O)NCc1ccc(Cl)cc1. The fraction of sp³-hybridized carbons (Fsp3) is 0.222. The Morgan fingerprint density at radius 1 is 1.12 bits per heavy atom. The van der Waals surface area contributed by atoms with Crippen LogP contribution < -0.4 is 10.2 Å². The van der Waals surface area contributed by atoms with Gasteiger partial charge in [0.1, 0.15) is 12.4 Å². The highest BCUT2D eigenvalue weighted by Gasteiger charge is 2.31. The summed E-state index contributed by atoms with van der Waals surface area (Å²) in [6, 6.07) is 12.9. The van der Waals surface area contributed by atoms with Crippen molar-refractivity contribution in [1.29, 1.82) is 0 Å². The van der Waals surface area contributed by atoms with Crippen LogP contribution in [0.4, 0.5) is 14.9 Å². The summed E-state index contributed by atoms with van der Waals surface area (Å²) in [6.45, 7) is 1.03. The quantitative estimate of drug-likeness (QED) is 0.890. The number of para-hydroxylation sites is 1. The molecule has 1 N–H and O–H groups in total. The van der Waals surface area contributed by atoms with Crippen molar-refractivity contribution >= 4 is 29.2 Å². The molecule has 1 heterocycles. The maximum Gasteiger partial charge on any atom is 0.325 e. The lowest BCUT2D eigenvalue weighted by atomic mass is 10.2. The molecule has 0 unspecified atom stereocenters. The third kappa shape index (κ3) is 4.09. The maximum absolute atomic E-state index is 13.8. The first kappa shape index (κ1) is 17.2. The summed E-state index contributed by atoms with van der Waals surface area (Å²) < 4.78 is 13.8. The number of rotatable bonds is 5. The molecule has 2 aromatic rings. The van der Waals surface area contributed by atoms with Gasteiger partial charge in [-0.15, -0.1) is 0 Å². The van der Waals surface area contributed by atoms with E-state index in [1.807, 2.05) is 12.1 Å². The second kappa shape index (κ2) is 7.53. The topological polar surface area (TPSA) is 52.7 Å². The lowest BCUT2D eigenvalue weighted by Crippen LogP contribution is -2.39. The summed E-state index contributed by atoms with van der Waals surface area (Å²) in [5.74, 6) is -0.719. The van der Waals surface area contributed by atoms with Crippen LogP contribution in [0.15, 0.2) is 48.5 Å². The number of carbonyl (C=O) groups is 2. The monoisotopic (exact) mass is 361 g/mol. The van der Waals surface area contributed by atoms with E-state index in [2.05, 4.69) is 5.32 Å². The first-order valence-electron chi connectivity index (χ1n) is 7.87. The molecular weight excluding hydrogens is 345 g/mol. The van der Waals surface area contributed by atoms with Gasteiger partial charge >= 0.3 is 6.03 Å². The van der Waals surface area contributed by atoms with Gasteiger partial charge in [-0.25, -0.2) is 9.18 Å². The van der Waals surface area contributed by atoms with Crippen molar-refractivity contribution < 1.29 is 14.0 Å². The molecule has 1 aliphatic rings. The van der Waals surface area contributed by atoms with Crippen molar-refractivity contribution in [3.8, 4) is 0 Å². The lowest BCUT2D eigenvalue weighted by molar-refractivity contribution is -0.121. The number of amides is 3. The van der Waals surface area contributed by atoms with Gasteiger partial charge in [0.2, 0.25) is 5.91 Å². The van der Waals surface area contributed by atoms with E-state index < -0.39 is 5.82 Å². The van der Waals surface area contributed by atoms with Crippen LogP contribution in [0.5, 0.6) is 0 Å². The Morgan fingerprint density at radius 3 is 2.56 bits per heavy atom. The van der Waals surface area contributed by atoms with Gasteiger partial charge in [0.05, 0.1) is 5.69 Å². The number of hydrogen-bond acceptors (Lipinski definition) is 2. The third-order valence-electron chi connectivity index (χ3n) is 3.98. The zero-order valence-corrected chi connectivity index (χ0v) is 14.2. The fourth-order valence-electron chi connectivity index (χ4n) is 2.66. The molecule has 0 bridgehead atoms. The number of anilines is 1. The molecule has 0 spiro atoms. The van der Waals surface area contributed by atoms with Crippen LogP contribution in [-0.4, -0.2) is 36.5 Å². The Balaban J connectivity index is 1.55. The zero-order chi connectivity index (χ0) is 17.8. The summed E-state index contributed by atoms with van der Waals surface area (Å²) in [6.07, 6.45) is 0. The highest BCUT2D eigenvalue weighted by Crippen LogP contribution is 2.23. The minimum absolute atomic E-state index is 0.0582. The average molecular weight is 362 g/mol. The molecule has 3 rings (SSSR count). The van der Waals surface area contributed by atoms with Gasteiger partial charge in [-0.2, -0.15) is 0 Å². The van der Waals surface area contributed by atoms with Crippen LogP contribution in [0, 0.1) is 5.82 Å². The first-order valence-corrected chi connectivity index (χ1v) is 8.24. The maximum atomic E-state index is 13.8. The molecule has 25 heavy (non-hydrogen) atoms. The van der Waals surface area contributed by atoms with Gasteiger partial charge < -0.3 is 10.2 Å². The minimum Gasteiger partial charge on any atom is -0.350 e. The van der Waals surface area contributed by atoms with Crippen LogP contribution in [0.2, 0.25) is 5.02 Å². The molecule has 1 fully saturated rings. The molecule has 5 nitrogen and oxygen atoms in total. The van der Waals surface area contributed by atoms with Crippen LogP contribution in [0.1, 0.15) is 5.56 Å². The smallest absolute Gasteiger partial charge is 0.325 e. The van der Waals surface area contributed by atoms with Crippen molar-refractivity contribution in [2.24, 2.45) is 0 Å². The summed E-state index contributed by atoms with van der Waals surface area (Å²) >= 11 is 5.82. The Labute approximate surface area is 150 Å². The van der Waals surface area contributed by atoms with Gasteiger partial charge in [-0.05, 0) is 29.8 Å². The van der Waals surface area contributed by atoms with E-state index in [4.69, 9.17) is 11.6 Å². The average Bonchev–Trinajstić information content (AvgIpc) is 2.95. The molecule has 7 heteroatoms. The highest BCUT2D eigenvalue weighted by molar-refractivity contribution is 6.30. The molecule has 0 saturated carbocycles. The van der Waals surface area contributed by atoms with Crippen LogP contribution >= 0.6 is 11.6 Å². The predicted molar refractivity (Wildman–Crippen MR) is 94.0 cm³/mol. The number of carbonyl (C=O) groups excluding carboxylic acids is 2. The highest BCUT2D eigenvalue weighted by atomic mass is 35.5. The standard InChI is InChI=1S/C18H17ClFN3O2/c19-14-7-5-13(6-8-14)11-21-17(24)12-22-9-10-23(18(22)25)16-4-2-1-3-15(16)20/h1-8H,9-12H2,(H,21,24). The number of halogens is 2. The van der Waals surface area contributed by atoms with Gasteiger partial charge in [-0.3, -0.25) is 9.69 Å². The number of nitrogens with one attached hydrogen (secondary N) is 1. The second-order valence-electron chi connectivity index (χ2n) is 5.71. The molecule has 1 saturated heterocycles. The van der Waals surface area contributed by atoms with E-state index in [9.17, 15) is 14.0 Å². The van der Waals surface area contributed by atoms with E-state index in [1.165, 1.54) is 15.9 Å². The third-order valence-corrected chi connectivity index (χ3v) is 4.23. The van der Waals surface area contributed by atoms with E-state index in [1.54, 1.807) is 30.3 Å². The molecule has 130 valence electrons. The number of nitrogens with zero attached hydrogens (tertiary/aromatic N) is 2.